The molecule has 2 N–H and O–H groups in total. The lowest BCUT2D eigenvalue weighted by Crippen LogP contribution is -2.65. The second-order valence-electron chi connectivity index (χ2n) is 17.8. The van der Waals surface area contributed by atoms with Crippen LogP contribution in [0.2, 0.25) is 10.0 Å². The van der Waals surface area contributed by atoms with Gasteiger partial charge in [-0.15, -0.1) is 12.4 Å². The average Bonchev–Trinajstić information content (AvgIpc) is 3.66. The van der Waals surface area contributed by atoms with Gasteiger partial charge in [-0.2, -0.15) is 0 Å². The molecule has 68 heavy (non-hydrogen) atoms. The normalized spacial score (nSPS) is 20.4. The number of fused-ring (bicyclic) bond motifs is 2. The number of piperidine rings is 1. The third kappa shape index (κ3) is 13.0. The van der Waals surface area contributed by atoms with Crippen molar-refractivity contribution in [3.05, 3.63) is 136 Å². The molecule has 3 heterocycles. The lowest BCUT2D eigenvalue weighted by molar-refractivity contribution is -0.148. The van der Waals surface area contributed by atoms with Gasteiger partial charge in [-0.05, 0) is 99.4 Å². The van der Waals surface area contributed by atoms with Crippen LogP contribution >= 0.6 is 35.6 Å². The van der Waals surface area contributed by atoms with E-state index in [1.54, 1.807) is 35.2 Å². The number of ether oxygens (including phenoxy) is 2. The predicted octanol–water partition coefficient (Wildman–Crippen LogP) is 7.84. The zero-order chi connectivity index (χ0) is 47.7. The molecule has 4 aromatic carbocycles. The smallest absolute Gasteiger partial charge is 0.245 e. The van der Waals surface area contributed by atoms with E-state index in [0.29, 0.717) is 59.5 Å². The molecule has 4 amide bonds. The van der Waals surface area contributed by atoms with Crippen molar-refractivity contribution in [3.8, 4) is 22.8 Å². The molecule has 17 heteroatoms. The van der Waals surface area contributed by atoms with Crippen LogP contribution in [0.5, 0.6) is 11.5 Å². The highest BCUT2D eigenvalue weighted by Crippen LogP contribution is 2.34. The number of carbonyl (C=O) groups excluding carboxylic acids is 4. The first-order chi connectivity index (χ1) is 32.2. The molecule has 5 aromatic rings. The summed E-state index contributed by atoms with van der Waals surface area (Å²) in [5, 5.41) is 6.97. The largest absolute Gasteiger partial charge is 0.457 e. The minimum Gasteiger partial charge on any atom is -0.457 e. The summed E-state index contributed by atoms with van der Waals surface area (Å²) in [7, 11) is 7.35. The Labute approximate surface area is 413 Å². The maximum Gasteiger partial charge on any atom is 0.245 e. The molecule has 2 aliphatic heterocycles. The number of halogens is 4. The van der Waals surface area contributed by atoms with Crippen molar-refractivity contribution in [3.63, 3.8) is 0 Å². The number of benzene rings is 4. The standard InChI is InChI=1S/C51H58Cl2FN7O6.ClH/c1-58(2)31-46-55-29-44(59(46)3)36-14-19-41(20-15-36)67-45-27-40(53)18-13-37(45)30-61-43(21-23-54)49(64)56-42(32-66-4)48(63)57-51(28-35-11-16-39(52)17-12-35)22-8-24-60(33-51)50(65)38(26-47(61)62)25-34-9-6-5-7-10-34;/h5-7,9-20,27,29,38,42-43H,8,21-26,28,30-33H2,1-4H3,(H,56,64)(H,57,63);1H/t38-,42+,43+,51-;/m1./s1. The molecular formula is C51H59Cl3FN7O6. The molecule has 0 unspecified atom stereocenters. The Morgan fingerprint density at radius 2 is 1.63 bits per heavy atom. The van der Waals surface area contributed by atoms with Gasteiger partial charge in [0.05, 0.1) is 49.7 Å². The van der Waals surface area contributed by atoms with Crippen LogP contribution in [0.25, 0.3) is 11.3 Å². The molecule has 0 aliphatic carbocycles. The van der Waals surface area contributed by atoms with Crippen LogP contribution in [0.15, 0.2) is 103 Å². The van der Waals surface area contributed by atoms with Crippen molar-refractivity contribution in [2.75, 3.05) is 47.6 Å². The third-order valence-electron chi connectivity index (χ3n) is 12.5. The van der Waals surface area contributed by atoms with Gasteiger partial charge in [0, 0.05) is 61.3 Å². The van der Waals surface area contributed by atoms with Crippen LogP contribution in [0.3, 0.4) is 0 Å². The van der Waals surface area contributed by atoms with Crippen molar-refractivity contribution in [2.45, 2.75) is 69.2 Å². The fraction of sp³-hybridized carbons (Fsp3) is 0.392. The number of hydrogen-bond donors (Lipinski definition) is 2. The molecule has 362 valence electrons. The Hall–Kier alpha value is -5.51. The number of nitrogens with one attached hydrogen (secondary N) is 2. The number of amides is 4. The van der Waals surface area contributed by atoms with Gasteiger partial charge in [0.1, 0.15) is 29.4 Å². The number of imidazole rings is 1. The van der Waals surface area contributed by atoms with Gasteiger partial charge in [0.15, 0.2) is 0 Å². The van der Waals surface area contributed by atoms with Crippen molar-refractivity contribution in [1.82, 2.24) is 34.9 Å². The van der Waals surface area contributed by atoms with Gasteiger partial charge in [0.25, 0.3) is 0 Å². The third-order valence-corrected chi connectivity index (χ3v) is 13.0. The Kier molecular flexibility index (Phi) is 18.1. The number of methoxy groups -OCH3 is 1. The van der Waals surface area contributed by atoms with Gasteiger partial charge >= 0.3 is 0 Å². The molecular weight excluding hydrogens is 932 g/mol. The van der Waals surface area contributed by atoms with Crippen LogP contribution in [0.1, 0.15) is 48.2 Å². The molecule has 2 bridgehead atoms. The summed E-state index contributed by atoms with van der Waals surface area (Å²) in [5.74, 6) is -1.27. The maximum atomic E-state index is 15.1. The number of rotatable bonds is 15. The molecule has 2 fully saturated rings. The molecule has 2 saturated heterocycles. The molecule has 4 atom stereocenters. The van der Waals surface area contributed by atoms with Gasteiger partial charge in [0.2, 0.25) is 23.6 Å². The SMILES string of the molecule is COC[C@@H]1NC(=O)[C@H](CCF)N(Cc2ccc(Cl)cc2Oc2ccc(-c3cnc(CN(C)C)n3C)cc2)C(=O)C[C@@H](Cc2ccccc2)C(=O)N2CCC[C@@](Cc3ccc(Cl)cc3)(C2)NC1=O.Cl. The number of aromatic nitrogens is 2. The van der Waals surface area contributed by atoms with E-state index in [1.807, 2.05) is 104 Å². The van der Waals surface area contributed by atoms with Crippen LogP contribution < -0.4 is 15.4 Å². The van der Waals surface area contributed by atoms with E-state index in [-0.39, 0.29) is 50.9 Å². The van der Waals surface area contributed by atoms with E-state index in [1.165, 1.54) is 12.0 Å². The number of hydrogen-bond acceptors (Lipinski definition) is 8. The summed E-state index contributed by atoms with van der Waals surface area (Å²) in [6, 6.07) is 26.6. The highest BCUT2D eigenvalue weighted by molar-refractivity contribution is 6.31. The van der Waals surface area contributed by atoms with E-state index >= 15 is 4.79 Å². The molecule has 13 nitrogen and oxygen atoms in total. The second-order valence-corrected chi connectivity index (χ2v) is 18.7. The molecule has 7 rings (SSSR count). The summed E-state index contributed by atoms with van der Waals surface area (Å²) >= 11 is 12.8. The molecule has 0 radical (unpaired) electrons. The Morgan fingerprint density at radius 1 is 0.912 bits per heavy atom. The topological polar surface area (TPSA) is 138 Å². The van der Waals surface area contributed by atoms with E-state index in [2.05, 4.69) is 15.6 Å². The van der Waals surface area contributed by atoms with Crippen molar-refractivity contribution in [2.24, 2.45) is 13.0 Å². The summed E-state index contributed by atoms with van der Waals surface area (Å²) in [6.45, 7) is -0.134. The number of nitrogens with zero attached hydrogens (tertiary/aromatic N) is 5. The maximum absolute atomic E-state index is 15.1. The van der Waals surface area contributed by atoms with Crippen molar-refractivity contribution >= 4 is 59.2 Å². The summed E-state index contributed by atoms with van der Waals surface area (Å²) in [5.41, 5.74) is 3.12. The van der Waals surface area contributed by atoms with Crippen LogP contribution in [-0.2, 0) is 56.9 Å². The summed E-state index contributed by atoms with van der Waals surface area (Å²) in [4.78, 5) is 68.8. The second kappa shape index (κ2) is 23.7. The quantitative estimate of drug-likeness (QED) is 0.108. The van der Waals surface area contributed by atoms with E-state index in [4.69, 9.17) is 32.7 Å². The fourth-order valence-corrected chi connectivity index (χ4v) is 9.40. The molecule has 2 aliphatic rings. The van der Waals surface area contributed by atoms with Gasteiger partial charge in [-0.25, -0.2) is 4.98 Å². The van der Waals surface area contributed by atoms with Gasteiger partial charge < -0.3 is 39.4 Å². The van der Waals surface area contributed by atoms with Crippen molar-refractivity contribution in [1.29, 1.82) is 0 Å². The summed E-state index contributed by atoms with van der Waals surface area (Å²) in [6.07, 6.45) is 2.86. The fourth-order valence-electron chi connectivity index (χ4n) is 9.11. The Balaban J connectivity index is 0.00000761. The first kappa shape index (κ1) is 51.9. The van der Waals surface area contributed by atoms with Gasteiger partial charge in [-0.3, -0.25) is 23.6 Å². The highest BCUT2D eigenvalue weighted by Gasteiger charge is 2.43. The number of alkyl halides is 1. The Bertz CT molecular complexity index is 2510. The molecule has 1 aromatic heterocycles. The predicted molar refractivity (Wildman–Crippen MR) is 264 cm³/mol. The average molecular weight is 991 g/mol. The molecule has 0 saturated carbocycles. The minimum absolute atomic E-state index is 0. The highest BCUT2D eigenvalue weighted by atomic mass is 35.5. The first-order valence-corrected chi connectivity index (χ1v) is 23.3. The van der Waals surface area contributed by atoms with Crippen molar-refractivity contribution < 1.29 is 33.0 Å². The number of carbonyl (C=O) groups is 4. The Morgan fingerprint density at radius 3 is 2.32 bits per heavy atom. The van der Waals surface area contributed by atoms with E-state index < -0.39 is 54.4 Å². The zero-order valence-corrected chi connectivity index (χ0v) is 41.1. The minimum atomic E-state index is -1.40. The van der Waals surface area contributed by atoms with Crippen LogP contribution in [0, 0.1) is 5.92 Å². The lowest BCUT2D eigenvalue weighted by atomic mass is 9.81. The lowest BCUT2D eigenvalue weighted by Gasteiger charge is -2.45. The van der Waals surface area contributed by atoms with E-state index in [0.717, 1.165) is 28.2 Å². The van der Waals surface area contributed by atoms with Crippen LogP contribution in [-0.4, -0.2) is 113 Å². The monoisotopic (exact) mass is 989 g/mol. The first-order valence-electron chi connectivity index (χ1n) is 22.5. The van der Waals surface area contributed by atoms with E-state index in [9.17, 15) is 18.8 Å². The van der Waals surface area contributed by atoms with Crippen LogP contribution in [0.4, 0.5) is 4.39 Å². The zero-order valence-electron chi connectivity index (χ0n) is 38.8. The molecule has 0 spiro atoms. The summed E-state index contributed by atoms with van der Waals surface area (Å²) < 4.78 is 28.7. The van der Waals surface area contributed by atoms with Gasteiger partial charge in [-0.1, -0.05) is 71.7 Å².